The van der Waals surface area contributed by atoms with E-state index in [4.69, 9.17) is 4.74 Å². The number of nitrogens with one attached hydrogen (secondary N) is 1. The predicted octanol–water partition coefficient (Wildman–Crippen LogP) is 3.31. The van der Waals surface area contributed by atoms with E-state index < -0.39 is 6.10 Å². The number of benzene rings is 1. The van der Waals surface area contributed by atoms with Gasteiger partial charge in [-0.1, -0.05) is 44.2 Å². The minimum Gasteiger partial charge on any atom is -0.367 e. The summed E-state index contributed by atoms with van der Waals surface area (Å²) >= 11 is 1.68. The zero-order valence-corrected chi connectivity index (χ0v) is 14.0. The summed E-state index contributed by atoms with van der Waals surface area (Å²) in [5.74, 6) is 0.331. The number of amides is 1. The lowest BCUT2D eigenvalue weighted by Crippen LogP contribution is -2.32. The Morgan fingerprint density at radius 2 is 2.05 bits per heavy atom. The summed E-state index contributed by atoms with van der Waals surface area (Å²) in [4.78, 5) is 16.8. The summed E-state index contributed by atoms with van der Waals surface area (Å²) in [5.41, 5.74) is 1.89. The van der Waals surface area contributed by atoms with E-state index in [1.807, 2.05) is 30.3 Å². The van der Waals surface area contributed by atoms with Gasteiger partial charge in [0.2, 0.25) is 0 Å². The van der Waals surface area contributed by atoms with Crippen molar-refractivity contribution in [3.63, 3.8) is 0 Å². The van der Waals surface area contributed by atoms with Crippen LogP contribution in [0.2, 0.25) is 0 Å². The van der Waals surface area contributed by atoms with Crippen LogP contribution in [0, 0.1) is 0 Å². The monoisotopic (exact) mass is 318 g/mol. The number of carbonyl (C=O) groups excluding carboxylic acids is 1. The SMILES string of the molecule is COC(C(=O)NCCc1csc(C(C)C)n1)c1ccccc1. The molecule has 4 nitrogen and oxygen atoms in total. The van der Waals surface area contributed by atoms with Crippen LogP contribution < -0.4 is 5.32 Å². The first kappa shape index (κ1) is 16.6. The van der Waals surface area contributed by atoms with Gasteiger partial charge in [0.25, 0.3) is 5.91 Å². The molecule has 2 rings (SSSR count). The number of thiazole rings is 1. The molecule has 0 saturated heterocycles. The zero-order valence-electron chi connectivity index (χ0n) is 13.2. The lowest BCUT2D eigenvalue weighted by molar-refractivity contribution is -0.131. The van der Waals surface area contributed by atoms with Crippen LogP contribution in [0.1, 0.15) is 42.1 Å². The molecule has 2 aromatic rings. The molecule has 0 spiro atoms. The number of ether oxygens (including phenoxy) is 1. The summed E-state index contributed by atoms with van der Waals surface area (Å²) in [6.07, 6.45) is 0.169. The molecule has 5 heteroatoms. The Labute approximate surface area is 135 Å². The zero-order chi connectivity index (χ0) is 15.9. The van der Waals surface area contributed by atoms with Crippen molar-refractivity contribution < 1.29 is 9.53 Å². The van der Waals surface area contributed by atoms with Crippen molar-refractivity contribution in [2.75, 3.05) is 13.7 Å². The molecule has 1 heterocycles. The van der Waals surface area contributed by atoms with Crippen LogP contribution >= 0.6 is 11.3 Å². The van der Waals surface area contributed by atoms with E-state index in [2.05, 4.69) is 29.5 Å². The van der Waals surface area contributed by atoms with Crippen molar-refractivity contribution >= 4 is 17.2 Å². The summed E-state index contributed by atoms with van der Waals surface area (Å²) in [6.45, 7) is 4.83. The molecule has 118 valence electrons. The Hall–Kier alpha value is -1.72. The minimum absolute atomic E-state index is 0.118. The van der Waals surface area contributed by atoms with Crippen LogP contribution in [0.4, 0.5) is 0 Å². The van der Waals surface area contributed by atoms with Gasteiger partial charge in [0.05, 0.1) is 10.7 Å². The third kappa shape index (κ3) is 4.39. The molecule has 0 saturated carbocycles. The van der Waals surface area contributed by atoms with Gasteiger partial charge in [-0.2, -0.15) is 0 Å². The standard InChI is InChI=1S/C17H22N2O2S/c1-12(2)17-19-14(11-22-17)9-10-18-16(20)15(21-3)13-7-5-4-6-8-13/h4-8,11-12,15H,9-10H2,1-3H3,(H,18,20). The smallest absolute Gasteiger partial charge is 0.253 e. The number of nitrogens with zero attached hydrogens (tertiary/aromatic N) is 1. The van der Waals surface area contributed by atoms with Gasteiger partial charge in [-0.25, -0.2) is 4.98 Å². The average Bonchev–Trinajstić information content (AvgIpc) is 2.98. The fourth-order valence-electron chi connectivity index (χ4n) is 2.13. The topological polar surface area (TPSA) is 51.2 Å². The van der Waals surface area contributed by atoms with Crippen molar-refractivity contribution in [2.24, 2.45) is 0 Å². The number of hydrogen-bond donors (Lipinski definition) is 1. The Bertz CT molecular complexity index is 596. The highest BCUT2D eigenvalue weighted by molar-refractivity contribution is 7.09. The first-order valence-corrected chi connectivity index (χ1v) is 8.29. The minimum atomic E-state index is -0.567. The summed E-state index contributed by atoms with van der Waals surface area (Å²) in [7, 11) is 1.55. The third-order valence-corrected chi connectivity index (χ3v) is 4.51. The van der Waals surface area contributed by atoms with E-state index in [0.29, 0.717) is 12.5 Å². The van der Waals surface area contributed by atoms with Crippen molar-refractivity contribution in [3.05, 3.63) is 52.0 Å². The second-order valence-corrected chi connectivity index (χ2v) is 6.29. The Morgan fingerprint density at radius 3 is 2.64 bits per heavy atom. The normalized spacial score (nSPS) is 12.4. The summed E-state index contributed by atoms with van der Waals surface area (Å²) in [5, 5.41) is 6.12. The van der Waals surface area contributed by atoms with Crippen molar-refractivity contribution in [1.82, 2.24) is 10.3 Å². The number of aromatic nitrogens is 1. The van der Waals surface area contributed by atoms with Crippen molar-refractivity contribution in [3.8, 4) is 0 Å². The van der Waals surface area contributed by atoms with E-state index in [0.717, 1.165) is 22.7 Å². The first-order valence-electron chi connectivity index (χ1n) is 7.41. The summed E-state index contributed by atoms with van der Waals surface area (Å²) < 4.78 is 5.31. The van der Waals surface area contributed by atoms with Gasteiger partial charge in [0.1, 0.15) is 0 Å². The largest absolute Gasteiger partial charge is 0.367 e. The Kier molecular flexibility index (Phi) is 6.10. The van der Waals surface area contributed by atoms with Crippen LogP contribution in [0.25, 0.3) is 0 Å². The van der Waals surface area contributed by atoms with E-state index in [1.54, 1.807) is 18.4 Å². The molecule has 1 aromatic heterocycles. The molecule has 1 unspecified atom stereocenters. The summed E-state index contributed by atoms with van der Waals surface area (Å²) in [6, 6.07) is 9.50. The van der Waals surface area contributed by atoms with Crippen LogP contribution in [0.3, 0.4) is 0 Å². The maximum absolute atomic E-state index is 12.2. The fourth-order valence-corrected chi connectivity index (χ4v) is 3.00. The van der Waals surface area contributed by atoms with Gasteiger partial charge in [-0.3, -0.25) is 4.79 Å². The van der Waals surface area contributed by atoms with Gasteiger partial charge < -0.3 is 10.1 Å². The number of hydrogen-bond acceptors (Lipinski definition) is 4. The lowest BCUT2D eigenvalue weighted by atomic mass is 10.1. The fraction of sp³-hybridized carbons (Fsp3) is 0.412. The van der Waals surface area contributed by atoms with Gasteiger partial charge in [0, 0.05) is 31.4 Å². The molecule has 0 aliphatic rings. The molecule has 1 amide bonds. The second kappa shape index (κ2) is 8.06. The van der Waals surface area contributed by atoms with Crippen molar-refractivity contribution in [1.29, 1.82) is 0 Å². The van der Waals surface area contributed by atoms with Gasteiger partial charge in [-0.15, -0.1) is 11.3 Å². The highest BCUT2D eigenvalue weighted by Crippen LogP contribution is 2.19. The van der Waals surface area contributed by atoms with Crippen LogP contribution in [-0.2, 0) is 16.0 Å². The Morgan fingerprint density at radius 1 is 1.32 bits per heavy atom. The van der Waals surface area contributed by atoms with Crippen molar-refractivity contribution in [2.45, 2.75) is 32.3 Å². The third-order valence-electron chi connectivity index (χ3n) is 3.32. The molecule has 1 atom stereocenters. The molecule has 1 aromatic carbocycles. The molecule has 0 fully saturated rings. The maximum atomic E-state index is 12.2. The molecule has 0 radical (unpaired) electrons. The highest BCUT2D eigenvalue weighted by Gasteiger charge is 2.19. The van der Waals surface area contributed by atoms with Crippen LogP contribution in [0.5, 0.6) is 0 Å². The molecule has 0 aliphatic heterocycles. The number of methoxy groups -OCH3 is 1. The van der Waals surface area contributed by atoms with Gasteiger partial charge in [0.15, 0.2) is 6.10 Å². The van der Waals surface area contributed by atoms with Crippen LogP contribution in [0.15, 0.2) is 35.7 Å². The second-order valence-electron chi connectivity index (χ2n) is 5.40. The molecular weight excluding hydrogens is 296 g/mol. The Balaban J connectivity index is 1.86. The molecular formula is C17H22N2O2S. The molecule has 1 N–H and O–H groups in total. The maximum Gasteiger partial charge on any atom is 0.253 e. The molecule has 0 bridgehead atoms. The first-order chi connectivity index (χ1) is 10.6. The van der Waals surface area contributed by atoms with E-state index in [9.17, 15) is 4.79 Å². The van der Waals surface area contributed by atoms with Gasteiger partial charge in [-0.05, 0) is 5.56 Å². The highest BCUT2D eigenvalue weighted by atomic mass is 32.1. The van der Waals surface area contributed by atoms with E-state index >= 15 is 0 Å². The van der Waals surface area contributed by atoms with E-state index in [1.165, 1.54) is 0 Å². The van der Waals surface area contributed by atoms with E-state index in [-0.39, 0.29) is 5.91 Å². The number of rotatable bonds is 7. The average molecular weight is 318 g/mol. The van der Waals surface area contributed by atoms with Crippen LogP contribution in [-0.4, -0.2) is 24.5 Å². The molecule has 22 heavy (non-hydrogen) atoms. The number of carbonyl (C=O) groups is 1. The lowest BCUT2D eigenvalue weighted by Gasteiger charge is -2.15. The van der Waals surface area contributed by atoms with Gasteiger partial charge >= 0.3 is 0 Å². The molecule has 0 aliphatic carbocycles. The quantitative estimate of drug-likeness (QED) is 0.852. The predicted molar refractivity (Wildman–Crippen MR) is 89.1 cm³/mol.